The van der Waals surface area contributed by atoms with Gasteiger partial charge in [0.1, 0.15) is 0 Å². The van der Waals surface area contributed by atoms with Gasteiger partial charge in [-0.2, -0.15) is 0 Å². The predicted molar refractivity (Wildman–Crippen MR) is 74.4 cm³/mol. The highest BCUT2D eigenvalue weighted by Gasteiger charge is 2.50. The van der Waals surface area contributed by atoms with Gasteiger partial charge in [0.15, 0.2) is 0 Å². The third-order valence-electron chi connectivity index (χ3n) is 3.45. The molecule has 0 saturated carbocycles. The molecular weight excluding hydrogens is 246 g/mol. The first kappa shape index (κ1) is 13.5. The van der Waals surface area contributed by atoms with Crippen molar-refractivity contribution in [3.63, 3.8) is 0 Å². The van der Waals surface area contributed by atoms with E-state index in [-0.39, 0.29) is 11.2 Å². The van der Waals surface area contributed by atoms with E-state index in [1.54, 1.807) is 0 Å². The topological polar surface area (TPSA) is 18.5 Å². The molecule has 1 aliphatic rings. The molecule has 0 amide bonds. The highest BCUT2D eigenvalue weighted by Crippen LogP contribution is 2.36. The lowest BCUT2D eigenvalue weighted by Crippen LogP contribution is -2.41. The highest BCUT2D eigenvalue weighted by molar-refractivity contribution is 6.55. The smallest absolute Gasteiger partial charge is 0.392 e. The van der Waals surface area contributed by atoms with Crippen molar-refractivity contribution >= 4 is 18.7 Å². The standard InChI is InChI=1S/C14H16BClO2/c1-13(2)14(3,4)18-15(17-13)10-9-11-7-5-6-8-12(11)16/h5-8H,1-4H3. The van der Waals surface area contributed by atoms with Crippen LogP contribution in [0.2, 0.25) is 5.02 Å². The summed E-state index contributed by atoms with van der Waals surface area (Å²) in [5.41, 5.74) is 0.0773. The van der Waals surface area contributed by atoms with E-state index in [0.717, 1.165) is 5.56 Å². The van der Waals surface area contributed by atoms with Crippen LogP contribution in [0.4, 0.5) is 0 Å². The molecule has 2 rings (SSSR count). The first-order valence-electron chi connectivity index (χ1n) is 5.93. The number of benzene rings is 1. The Morgan fingerprint density at radius 2 is 1.61 bits per heavy atom. The third-order valence-corrected chi connectivity index (χ3v) is 3.78. The van der Waals surface area contributed by atoms with Crippen molar-refractivity contribution in [2.45, 2.75) is 38.9 Å². The molecule has 0 N–H and O–H groups in total. The normalized spacial score (nSPS) is 20.4. The van der Waals surface area contributed by atoms with E-state index in [9.17, 15) is 0 Å². The minimum atomic E-state index is -0.508. The van der Waals surface area contributed by atoms with Crippen molar-refractivity contribution in [2.75, 3.05) is 0 Å². The lowest BCUT2D eigenvalue weighted by Gasteiger charge is -2.32. The van der Waals surface area contributed by atoms with Crippen LogP contribution in [0.15, 0.2) is 24.3 Å². The van der Waals surface area contributed by atoms with Gasteiger partial charge in [-0.3, -0.25) is 0 Å². The van der Waals surface area contributed by atoms with Crippen molar-refractivity contribution in [2.24, 2.45) is 0 Å². The molecular formula is C14H16BClO2. The van der Waals surface area contributed by atoms with E-state index in [1.165, 1.54) is 0 Å². The summed E-state index contributed by atoms with van der Waals surface area (Å²) < 4.78 is 11.6. The van der Waals surface area contributed by atoms with Crippen LogP contribution in [0.1, 0.15) is 33.3 Å². The monoisotopic (exact) mass is 262 g/mol. The van der Waals surface area contributed by atoms with E-state index >= 15 is 0 Å². The summed E-state index contributed by atoms with van der Waals surface area (Å²) in [6.07, 6.45) is 0. The van der Waals surface area contributed by atoms with Crippen LogP contribution in [0, 0.1) is 11.7 Å². The van der Waals surface area contributed by atoms with Crippen LogP contribution in [0.3, 0.4) is 0 Å². The largest absolute Gasteiger partial charge is 0.551 e. The number of hydrogen-bond donors (Lipinski definition) is 0. The molecule has 1 heterocycles. The molecule has 0 aromatic heterocycles. The van der Waals surface area contributed by atoms with Crippen molar-refractivity contribution in [3.8, 4) is 11.7 Å². The van der Waals surface area contributed by atoms with Crippen LogP contribution in [-0.4, -0.2) is 18.3 Å². The Morgan fingerprint density at radius 1 is 1.06 bits per heavy atom. The fourth-order valence-electron chi connectivity index (χ4n) is 1.60. The Morgan fingerprint density at radius 3 is 2.17 bits per heavy atom. The predicted octanol–water partition coefficient (Wildman–Crippen LogP) is 3.32. The van der Waals surface area contributed by atoms with Crippen molar-refractivity contribution in [3.05, 3.63) is 34.9 Å². The van der Waals surface area contributed by atoms with Gasteiger partial charge in [-0.25, -0.2) is 0 Å². The summed E-state index contributed by atoms with van der Waals surface area (Å²) >= 11 is 6.04. The highest BCUT2D eigenvalue weighted by atomic mass is 35.5. The molecule has 18 heavy (non-hydrogen) atoms. The van der Waals surface area contributed by atoms with E-state index in [4.69, 9.17) is 20.9 Å². The van der Waals surface area contributed by atoms with Gasteiger partial charge in [0.05, 0.1) is 16.2 Å². The maximum atomic E-state index is 6.04. The Hall–Kier alpha value is -0.945. The Bertz CT molecular complexity index is 498. The summed E-state index contributed by atoms with van der Waals surface area (Å²) in [5, 5.41) is 0.640. The van der Waals surface area contributed by atoms with Crippen molar-refractivity contribution in [1.82, 2.24) is 0 Å². The van der Waals surface area contributed by atoms with Gasteiger partial charge in [-0.05, 0) is 39.8 Å². The molecule has 4 heteroatoms. The Balaban J connectivity index is 2.17. The third kappa shape index (κ3) is 2.56. The fraction of sp³-hybridized carbons (Fsp3) is 0.429. The summed E-state index contributed by atoms with van der Waals surface area (Å²) in [6.45, 7) is 8.02. The average Bonchev–Trinajstić information content (AvgIpc) is 2.46. The molecule has 94 valence electrons. The summed E-state index contributed by atoms with van der Waals surface area (Å²) in [4.78, 5) is 0. The average molecular weight is 263 g/mol. The zero-order valence-corrected chi connectivity index (χ0v) is 11.8. The molecule has 0 unspecified atom stereocenters. The van der Waals surface area contributed by atoms with Gasteiger partial charge < -0.3 is 9.31 Å². The molecule has 1 fully saturated rings. The quantitative estimate of drug-likeness (QED) is 0.527. The van der Waals surface area contributed by atoms with Gasteiger partial charge in [-0.1, -0.05) is 35.5 Å². The second-order valence-corrected chi connectivity index (χ2v) is 5.74. The van der Waals surface area contributed by atoms with E-state index in [2.05, 4.69) is 11.7 Å². The number of halogens is 1. The molecule has 1 aromatic carbocycles. The van der Waals surface area contributed by atoms with Crippen LogP contribution in [-0.2, 0) is 9.31 Å². The fourth-order valence-corrected chi connectivity index (χ4v) is 1.78. The molecule has 1 aliphatic heterocycles. The molecule has 0 spiro atoms. The van der Waals surface area contributed by atoms with Gasteiger partial charge in [0.25, 0.3) is 0 Å². The van der Waals surface area contributed by atoms with Crippen molar-refractivity contribution < 1.29 is 9.31 Å². The van der Waals surface area contributed by atoms with Crippen molar-refractivity contribution in [1.29, 1.82) is 0 Å². The van der Waals surface area contributed by atoms with Gasteiger partial charge in [-0.15, -0.1) is 0 Å². The Labute approximate surface area is 114 Å². The van der Waals surface area contributed by atoms with Gasteiger partial charge >= 0.3 is 7.12 Å². The first-order chi connectivity index (χ1) is 8.32. The molecule has 0 bridgehead atoms. The molecule has 0 radical (unpaired) electrons. The molecule has 0 aliphatic carbocycles. The molecule has 1 aromatic rings. The zero-order chi connectivity index (χ0) is 13.4. The van der Waals surface area contributed by atoms with Crippen LogP contribution < -0.4 is 0 Å². The lowest BCUT2D eigenvalue weighted by molar-refractivity contribution is 0.00578. The van der Waals surface area contributed by atoms with Crippen LogP contribution in [0.5, 0.6) is 0 Å². The van der Waals surface area contributed by atoms with Crippen LogP contribution in [0.25, 0.3) is 0 Å². The molecule has 0 atom stereocenters. The summed E-state index contributed by atoms with van der Waals surface area (Å²) in [5.74, 6) is 5.97. The van der Waals surface area contributed by atoms with E-state index in [1.807, 2.05) is 52.0 Å². The lowest BCUT2D eigenvalue weighted by atomic mass is 9.90. The van der Waals surface area contributed by atoms with E-state index < -0.39 is 7.12 Å². The van der Waals surface area contributed by atoms with Crippen LogP contribution >= 0.6 is 11.6 Å². The second kappa shape index (κ2) is 4.62. The first-order valence-corrected chi connectivity index (χ1v) is 6.31. The van der Waals surface area contributed by atoms with E-state index in [0.29, 0.717) is 5.02 Å². The number of hydrogen-bond acceptors (Lipinski definition) is 2. The SMILES string of the molecule is CC1(C)OB(C#Cc2ccccc2Cl)OC1(C)C. The number of rotatable bonds is 0. The minimum absolute atomic E-state index is 0.354. The maximum absolute atomic E-state index is 6.04. The zero-order valence-electron chi connectivity index (χ0n) is 11.1. The van der Waals surface area contributed by atoms with Gasteiger partial charge in [0, 0.05) is 5.56 Å². The summed E-state index contributed by atoms with van der Waals surface area (Å²) in [7, 11) is -0.508. The maximum Gasteiger partial charge on any atom is 0.551 e. The Kier molecular flexibility index (Phi) is 3.46. The van der Waals surface area contributed by atoms with Gasteiger partial charge in [0.2, 0.25) is 0 Å². The second-order valence-electron chi connectivity index (χ2n) is 5.34. The summed E-state index contributed by atoms with van der Waals surface area (Å²) in [6, 6.07) is 7.47. The molecule has 2 nitrogen and oxygen atoms in total. The molecule has 1 saturated heterocycles. The minimum Gasteiger partial charge on any atom is -0.392 e.